The minimum absolute atomic E-state index is 0.141. The van der Waals surface area contributed by atoms with Crippen molar-refractivity contribution >= 4 is 11.7 Å². The van der Waals surface area contributed by atoms with Crippen LogP contribution in [0.5, 0.6) is 11.5 Å². The van der Waals surface area contributed by atoms with Crippen molar-refractivity contribution in [1.29, 1.82) is 0 Å². The maximum atomic E-state index is 12.4. The summed E-state index contributed by atoms with van der Waals surface area (Å²) in [5.41, 5.74) is 2.18. The molecule has 1 aromatic heterocycles. The zero-order chi connectivity index (χ0) is 19.8. The van der Waals surface area contributed by atoms with Gasteiger partial charge in [-0.2, -0.15) is 0 Å². The molecule has 28 heavy (non-hydrogen) atoms. The summed E-state index contributed by atoms with van der Waals surface area (Å²) in [6, 6.07) is 14.8. The van der Waals surface area contributed by atoms with Gasteiger partial charge in [0, 0.05) is 18.0 Å². The number of carbonyl (C=O) groups is 1. The molecule has 0 aliphatic heterocycles. The molecule has 0 bridgehead atoms. The molecule has 1 N–H and O–H groups in total. The van der Waals surface area contributed by atoms with E-state index in [1.807, 2.05) is 36.4 Å². The highest BCUT2D eigenvalue weighted by Crippen LogP contribution is 2.33. The molecule has 0 atom stereocenters. The third-order valence-electron chi connectivity index (χ3n) is 3.91. The minimum Gasteiger partial charge on any atom is -0.493 e. The van der Waals surface area contributed by atoms with E-state index in [4.69, 9.17) is 15.9 Å². The van der Waals surface area contributed by atoms with E-state index in [2.05, 4.69) is 21.2 Å². The topological polar surface area (TPSA) is 73.3 Å². The van der Waals surface area contributed by atoms with Crippen LogP contribution in [-0.2, 0) is 11.2 Å². The molecule has 2 aromatic carbocycles. The number of benzene rings is 2. The van der Waals surface area contributed by atoms with Crippen LogP contribution < -0.4 is 14.8 Å². The van der Waals surface area contributed by atoms with Crippen LogP contribution in [0.15, 0.2) is 60.9 Å². The van der Waals surface area contributed by atoms with Gasteiger partial charge in [-0.05, 0) is 23.8 Å². The zero-order valence-corrected chi connectivity index (χ0v) is 15.4. The average molecular weight is 373 g/mol. The Balaban J connectivity index is 1.84. The maximum absolute atomic E-state index is 12.4. The van der Waals surface area contributed by atoms with Crippen molar-refractivity contribution in [3.05, 3.63) is 66.5 Å². The third kappa shape index (κ3) is 4.65. The number of hydrogen-bond donors (Lipinski definition) is 1. The number of methoxy groups -OCH3 is 1. The molecule has 0 saturated carbocycles. The quantitative estimate of drug-likeness (QED) is 0.643. The molecule has 0 spiro atoms. The van der Waals surface area contributed by atoms with Gasteiger partial charge in [0.05, 0.1) is 13.5 Å². The zero-order valence-electron chi connectivity index (χ0n) is 15.4. The molecular formula is C22H19N3O3. The number of ether oxygens (including phenoxy) is 2. The lowest BCUT2D eigenvalue weighted by Crippen LogP contribution is -2.16. The number of carbonyl (C=O) groups excluding carboxylic acids is 1. The Hall–Kier alpha value is -3.85. The fourth-order valence-electron chi connectivity index (χ4n) is 2.65. The highest BCUT2D eigenvalue weighted by Gasteiger charge is 2.14. The molecule has 0 radical (unpaired) electrons. The van der Waals surface area contributed by atoms with E-state index in [0.29, 0.717) is 23.0 Å². The Kier molecular flexibility index (Phi) is 6.21. The van der Waals surface area contributed by atoms with E-state index in [9.17, 15) is 4.79 Å². The molecule has 1 amide bonds. The highest BCUT2D eigenvalue weighted by atomic mass is 16.5. The molecule has 3 aromatic rings. The summed E-state index contributed by atoms with van der Waals surface area (Å²) in [5.74, 6) is 3.67. The first-order chi connectivity index (χ1) is 13.7. The predicted octanol–water partition coefficient (Wildman–Crippen LogP) is 3.35. The van der Waals surface area contributed by atoms with Crippen molar-refractivity contribution in [1.82, 2.24) is 9.97 Å². The highest BCUT2D eigenvalue weighted by molar-refractivity contribution is 5.94. The molecule has 0 saturated heterocycles. The van der Waals surface area contributed by atoms with Crippen molar-refractivity contribution < 1.29 is 14.3 Å². The molecule has 140 valence electrons. The lowest BCUT2D eigenvalue weighted by molar-refractivity contribution is -0.115. The molecule has 1 heterocycles. The smallest absolute Gasteiger partial charge is 0.230 e. The molecule has 0 aliphatic carbocycles. The standard InChI is InChI=1S/C22H19N3O3/c1-3-13-28-18-10-9-17(15-19(18)27-2)21-22(24-12-11-23-21)25-20(26)14-16-7-5-4-6-8-16/h1,4-12,15H,13-14H2,2H3,(H,24,25,26). The number of nitrogens with zero attached hydrogens (tertiary/aromatic N) is 2. The first kappa shape index (κ1) is 18.9. The Labute approximate surface area is 163 Å². The summed E-state index contributed by atoms with van der Waals surface area (Å²) < 4.78 is 10.8. The van der Waals surface area contributed by atoms with E-state index >= 15 is 0 Å². The first-order valence-corrected chi connectivity index (χ1v) is 8.60. The Morgan fingerprint density at radius 1 is 1.11 bits per heavy atom. The largest absolute Gasteiger partial charge is 0.493 e. The summed E-state index contributed by atoms with van der Waals surface area (Å²) in [7, 11) is 1.54. The van der Waals surface area contributed by atoms with Crippen molar-refractivity contribution in [3.8, 4) is 35.1 Å². The number of terminal acetylenes is 1. The summed E-state index contributed by atoms with van der Waals surface area (Å²) in [5, 5.41) is 2.83. The maximum Gasteiger partial charge on any atom is 0.230 e. The third-order valence-corrected chi connectivity index (χ3v) is 3.91. The number of rotatable bonds is 7. The van der Waals surface area contributed by atoms with Gasteiger partial charge in [-0.15, -0.1) is 6.42 Å². The van der Waals surface area contributed by atoms with Crippen molar-refractivity contribution in [2.24, 2.45) is 0 Å². The molecule has 0 aliphatic rings. The fourth-order valence-corrected chi connectivity index (χ4v) is 2.65. The Morgan fingerprint density at radius 3 is 2.64 bits per heavy atom. The van der Waals surface area contributed by atoms with Crippen LogP contribution in [0, 0.1) is 12.3 Å². The average Bonchev–Trinajstić information content (AvgIpc) is 2.73. The van der Waals surface area contributed by atoms with Gasteiger partial charge in [0.1, 0.15) is 12.3 Å². The molecule has 0 unspecified atom stereocenters. The second-order valence-corrected chi connectivity index (χ2v) is 5.82. The normalized spacial score (nSPS) is 10.0. The van der Waals surface area contributed by atoms with Crippen LogP contribution in [0.4, 0.5) is 5.82 Å². The van der Waals surface area contributed by atoms with Gasteiger partial charge in [-0.25, -0.2) is 4.98 Å². The molecular weight excluding hydrogens is 354 g/mol. The lowest BCUT2D eigenvalue weighted by Gasteiger charge is -2.12. The second-order valence-electron chi connectivity index (χ2n) is 5.82. The molecule has 6 heteroatoms. The van der Waals surface area contributed by atoms with E-state index in [1.165, 1.54) is 6.20 Å². The van der Waals surface area contributed by atoms with Gasteiger partial charge < -0.3 is 14.8 Å². The first-order valence-electron chi connectivity index (χ1n) is 8.60. The van der Waals surface area contributed by atoms with E-state index in [1.54, 1.807) is 25.4 Å². The van der Waals surface area contributed by atoms with Gasteiger partial charge in [0.2, 0.25) is 5.91 Å². The van der Waals surface area contributed by atoms with Gasteiger partial charge in [0.15, 0.2) is 17.3 Å². The van der Waals surface area contributed by atoms with Crippen LogP contribution in [-0.4, -0.2) is 29.6 Å². The van der Waals surface area contributed by atoms with Gasteiger partial charge in [-0.1, -0.05) is 36.3 Å². The van der Waals surface area contributed by atoms with Gasteiger partial charge in [0.25, 0.3) is 0 Å². The van der Waals surface area contributed by atoms with Crippen LogP contribution in [0.25, 0.3) is 11.3 Å². The van der Waals surface area contributed by atoms with Gasteiger partial charge in [-0.3, -0.25) is 9.78 Å². The Morgan fingerprint density at radius 2 is 1.89 bits per heavy atom. The van der Waals surface area contributed by atoms with E-state index in [0.717, 1.165) is 11.1 Å². The predicted molar refractivity (Wildman–Crippen MR) is 107 cm³/mol. The number of hydrogen-bond acceptors (Lipinski definition) is 5. The fraction of sp³-hybridized carbons (Fsp3) is 0.136. The number of amides is 1. The van der Waals surface area contributed by atoms with Gasteiger partial charge >= 0.3 is 0 Å². The van der Waals surface area contributed by atoms with Crippen molar-refractivity contribution in [2.75, 3.05) is 19.0 Å². The number of nitrogens with one attached hydrogen (secondary N) is 1. The van der Waals surface area contributed by atoms with Crippen molar-refractivity contribution in [3.63, 3.8) is 0 Å². The molecule has 3 rings (SSSR count). The van der Waals surface area contributed by atoms with Crippen LogP contribution in [0.1, 0.15) is 5.56 Å². The minimum atomic E-state index is -0.172. The monoisotopic (exact) mass is 373 g/mol. The lowest BCUT2D eigenvalue weighted by atomic mass is 10.1. The summed E-state index contributed by atoms with van der Waals surface area (Å²) in [6.07, 6.45) is 8.58. The van der Waals surface area contributed by atoms with Crippen LogP contribution >= 0.6 is 0 Å². The van der Waals surface area contributed by atoms with Crippen LogP contribution in [0.2, 0.25) is 0 Å². The summed E-state index contributed by atoms with van der Waals surface area (Å²) in [4.78, 5) is 21.1. The Bertz CT molecular complexity index is 997. The number of anilines is 1. The van der Waals surface area contributed by atoms with Crippen LogP contribution in [0.3, 0.4) is 0 Å². The van der Waals surface area contributed by atoms with E-state index < -0.39 is 0 Å². The molecule has 6 nitrogen and oxygen atoms in total. The van der Waals surface area contributed by atoms with Crippen molar-refractivity contribution in [2.45, 2.75) is 6.42 Å². The number of aromatic nitrogens is 2. The SMILES string of the molecule is C#CCOc1ccc(-c2nccnc2NC(=O)Cc2ccccc2)cc1OC. The second kappa shape index (κ2) is 9.19. The molecule has 0 fully saturated rings. The summed E-state index contributed by atoms with van der Waals surface area (Å²) in [6.45, 7) is 0.141. The summed E-state index contributed by atoms with van der Waals surface area (Å²) >= 11 is 0. The van der Waals surface area contributed by atoms with E-state index in [-0.39, 0.29) is 18.9 Å².